The molecule has 0 aliphatic carbocycles. The van der Waals surface area contributed by atoms with Gasteiger partial charge in [0.05, 0.1) is 12.8 Å². The Morgan fingerprint density at radius 3 is 2.07 bits per heavy atom. The van der Waals surface area contributed by atoms with Crippen molar-refractivity contribution < 1.29 is 34.4 Å². The van der Waals surface area contributed by atoms with Gasteiger partial charge in [-0.1, -0.05) is 38.6 Å². The Hall–Kier alpha value is -2.58. The smallest absolute Gasteiger partial charge is 0.303 e. The molecule has 0 heterocycles. The van der Waals surface area contributed by atoms with Gasteiger partial charge < -0.3 is 30.1 Å². The molecule has 0 aliphatic rings. The largest absolute Gasteiger partial charge is 0.487 e. The molecule has 152 valence electrons. The molecule has 0 radical (unpaired) electrons. The minimum absolute atomic E-state index is 0.230. The van der Waals surface area contributed by atoms with E-state index in [4.69, 9.17) is 19.7 Å². The quantitative estimate of drug-likeness (QED) is 0.404. The lowest BCUT2D eigenvalue weighted by Crippen LogP contribution is -2.35. The first-order valence-corrected chi connectivity index (χ1v) is 8.56. The second-order valence-corrected chi connectivity index (χ2v) is 5.86. The van der Waals surface area contributed by atoms with Crippen LogP contribution in [-0.4, -0.2) is 59.2 Å². The van der Waals surface area contributed by atoms with Crippen molar-refractivity contribution in [2.75, 3.05) is 19.8 Å². The molecular formula is C19H29NO7. The lowest BCUT2D eigenvalue weighted by Gasteiger charge is -2.16. The summed E-state index contributed by atoms with van der Waals surface area (Å²) < 4.78 is 11.1. The molecule has 0 saturated heterocycles. The van der Waals surface area contributed by atoms with Gasteiger partial charge in [-0.05, 0) is 12.1 Å². The summed E-state index contributed by atoms with van der Waals surface area (Å²) in [5, 5.41) is 28.7. The summed E-state index contributed by atoms with van der Waals surface area (Å²) in [6.07, 6.45) is 0.540. The van der Waals surface area contributed by atoms with Crippen molar-refractivity contribution in [3.8, 4) is 11.5 Å². The third-order valence-corrected chi connectivity index (χ3v) is 2.95. The second-order valence-electron chi connectivity index (χ2n) is 5.86. The van der Waals surface area contributed by atoms with Gasteiger partial charge in [-0.25, -0.2) is 0 Å². The fourth-order valence-corrected chi connectivity index (χ4v) is 1.67. The molecule has 8 heteroatoms. The number of aliphatic hydroxyl groups is 1. The number of benzene rings is 1. The number of para-hydroxylation sites is 2. The number of aliphatic carboxylic acids is 2. The molecule has 0 aromatic heterocycles. The maximum atomic E-state index is 9.78. The van der Waals surface area contributed by atoms with Gasteiger partial charge in [-0.2, -0.15) is 0 Å². The summed E-state index contributed by atoms with van der Waals surface area (Å²) in [7, 11) is 0. The predicted molar refractivity (Wildman–Crippen MR) is 101 cm³/mol. The first-order chi connectivity index (χ1) is 12.8. The molecule has 0 saturated carbocycles. The topological polar surface area (TPSA) is 125 Å². The molecule has 27 heavy (non-hydrogen) atoms. The number of aliphatic hydroxyl groups excluding tert-OH is 1. The third-order valence-electron chi connectivity index (χ3n) is 2.95. The minimum Gasteiger partial charge on any atom is -0.487 e. The van der Waals surface area contributed by atoms with E-state index in [-0.39, 0.29) is 19.4 Å². The van der Waals surface area contributed by atoms with E-state index in [0.29, 0.717) is 30.7 Å². The normalized spacial score (nSPS) is 11.1. The molecular weight excluding hydrogens is 354 g/mol. The van der Waals surface area contributed by atoms with Crippen molar-refractivity contribution in [3.05, 3.63) is 36.9 Å². The number of carbonyl (C=O) groups is 2. The van der Waals surface area contributed by atoms with Gasteiger partial charge in [0, 0.05) is 12.6 Å². The van der Waals surface area contributed by atoms with E-state index in [2.05, 4.69) is 11.9 Å². The first kappa shape index (κ1) is 24.4. The molecule has 1 unspecified atom stereocenters. The van der Waals surface area contributed by atoms with Gasteiger partial charge in [-0.3, -0.25) is 9.59 Å². The highest BCUT2D eigenvalue weighted by atomic mass is 16.5. The van der Waals surface area contributed by atoms with Crippen molar-refractivity contribution in [2.24, 2.45) is 0 Å². The summed E-state index contributed by atoms with van der Waals surface area (Å²) in [5.74, 6) is -0.862. The van der Waals surface area contributed by atoms with Crippen molar-refractivity contribution in [2.45, 2.75) is 38.8 Å². The number of rotatable bonds is 12. The standard InChI is InChI=1S/C15H23NO3.C4H6O4/c1-4-9-18-14-7-5-6-8-15(14)19-11-13(17)10-16-12(2)3;5-3(6)1-2-4(7)8/h4-8,12-13,16-17H,1,9-11H2,2-3H3;1-2H2,(H,5,6)(H,7,8). The molecule has 1 aromatic carbocycles. The average molecular weight is 383 g/mol. The van der Waals surface area contributed by atoms with Crippen LogP contribution in [0.4, 0.5) is 0 Å². The second kappa shape index (κ2) is 14.6. The minimum atomic E-state index is -1.08. The van der Waals surface area contributed by atoms with Crippen molar-refractivity contribution >= 4 is 11.9 Å². The zero-order valence-electron chi connectivity index (χ0n) is 15.8. The summed E-state index contributed by atoms with van der Waals surface area (Å²) in [6.45, 7) is 8.84. The Kier molecular flexibility index (Phi) is 13.2. The van der Waals surface area contributed by atoms with E-state index in [1.165, 1.54) is 0 Å². The van der Waals surface area contributed by atoms with Crippen LogP contribution in [0.5, 0.6) is 11.5 Å². The molecule has 0 aliphatic heterocycles. The van der Waals surface area contributed by atoms with E-state index in [1.807, 2.05) is 38.1 Å². The van der Waals surface area contributed by atoms with Crippen LogP contribution in [0.3, 0.4) is 0 Å². The summed E-state index contributed by atoms with van der Waals surface area (Å²) in [5.41, 5.74) is 0. The van der Waals surface area contributed by atoms with Gasteiger partial charge >= 0.3 is 11.9 Å². The fraction of sp³-hybridized carbons (Fsp3) is 0.474. The Balaban J connectivity index is 0.000000713. The number of carboxylic acids is 2. The molecule has 0 bridgehead atoms. The monoisotopic (exact) mass is 383 g/mol. The Labute approximate surface area is 159 Å². The predicted octanol–water partition coefficient (Wildman–Crippen LogP) is 1.92. The fourth-order valence-electron chi connectivity index (χ4n) is 1.67. The van der Waals surface area contributed by atoms with Crippen molar-refractivity contribution in [1.29, 1.82) is 0 Å². The highest BCUT2D eigenvalue weighted by Gasteiger charge is 2.09. The maximum Gasteiger partial charge on any atom is 0.303 e. The van der Waals surface area contributed by atoms with Crippen LogP contribution in [0, 0.1) is 0 Å². The molecule has 1 rings (SSSR count). The van der Waals surface area contributed by atoms with Crippen molar-refractivity contribution in [1.82, 2.24) is 5.32 Å². The highest BCUT2D eigenvalue weighted by Crippen LogP contribution is 2.26. The summed E-state index contributed by atoms with van der Waals surface area (Å²) >= 11 is 0. The molecule has 0 fully saturated rings. The van der Waals surface area contributed by atoms with Gasteiger partial charge in [0.15, 0.2) is 11.5 Å². The van der Waals surface area contributed by atoms with E-state index < -0.39 is 18.0 Å². The zero-order chi connectivity index (χ0) is 20.7. The number of hydrogen-bond acceptors (Lipinski definition) is 6. The number of carboxylic acid groups (broad SMARTS) is 2. The maximum absolute atomic E-state index is 9.78. The van der Waals surface area contributed by atoms with Crippen LogP contribution in [0.25, 0.3) is 0 Å². The Morgan fingerprint density at radius 2 is 1.63 bits per heavy atom. The van der Waals surface area contributed by atoms with Crippen LogP contribution in [0.1, 0.15) is 26.7 Å². The van der Waals surface area contributed by atoms with Crippen LogP contribution >= 0.6 is 0 Å². The Morgan fingerprint density at radius 1 is 1.11 bits per heavy atom. The molecule has 1 atom stereocenters. The molecule has 0 spiro atoms. The van der Waals surface area contributed by atoms with Crippen LogP contribution in [0.2, 0.25) is 0 Å². The molecule has 4 N–H and O–H groups in total. The van der Waals surface area contributed by atoms with Gasteiger partial charge in [0.2, 0.25) is 0 Å². The van der Waals surface area contributed by atoms with Crippen LogP contribution in [-0.2, 0) is 9.59 Å². The molecule has 8 nitrogen and oxygen atoms in total. The third kappa shape index (κ3) is 14.3. The first-order valence-electron chi connectivity index (χ1n) is 8.56. The van der Waals surface area contributed by atoms with E-state index in [9.17, 15) is 14.7 Å². The summed E-state index contributed by atoms with van der Waals surface area (Å²) in [4.78, 5) is 19.3. The lowest BCUT2D eigenvalue weighted by atomic mass is 10.3. The van der Waals surface area contributed by atoms with E-state index in [1.54, 1.807) is 6.08 Å². The molecule has 0 amide bonds. The van der Waals surface area contributed by atoms with Crippen LogP contribution < -0.4 is 14.8 Å². The highest BCUT2D eigenvalue weighted by molar-refractivity contribution is 5.75. The van der Waals surface area contributed by atoms with Gasteiger partial charge in [0.25, 0.3) is 0 Å². The summed E-state index contributed by atoms with van der Waals surface area (Å²) in [6, 6.07) is 7.74. The van der Waals surface area contributed by atoms with E-state index >= 15 is 0 Å². The Bertz CT molecular complexity index is 561. The van der Waals surface area contributed by atoms with Crippen molar-refractivity contribution in [3.63, 3.8) is 0 Å². The number of hydrogen-bond donors (Lipinski definition) is 4. The number of nitrogens with one attached hydrogen (secondary N) is 1. The average Bonchev–Trinajstić information content (AvgIpc) is 2.62. The van der Waals surface area contributed by atoms with Gasteiger partial charge in [-0.15, -0.1) is 0 Å². The van der Waals surface area contributed by atoms with Gasteiger partial charge in [0.1, 0.15) is 19.3 Å². The SMILES string of the molecule is C=CCOc1ccccc1OCC(O)CNC(C)C.O=C(O)CCC(=O)O. The zero-order valence-corrected chi connectivity index (χ0v) is 15.8. The lowest BCUT2D eigenvalue weighted by molar-refractivity contribution is -0.143. The number of ether oxygens (including phenoxy) is 2. The van der Waals surface area contributed by atoms with E-state index in [0.717, 1.165) is 0 Å². The molecule has 1 aromatic rings. The van der Waals surface area contributed by atoms with Crippen LogP contribution in [0.15, 0.2) is 36.9 Å².